The second kappa shape index (κ2) is 10.6. The number of aryl methyl sites for hydroxylation is 1. The molecule has 0 spiro atoms. The van der Waals surface area contributed by atoms with E-state index >= 15 is 0 Å². The van der Waals surface area contributed by atoms with Gasteiger partial charge in [0.25, 0.3) is 0 Å². The van der Waals surface area contributed by atoms with Crippen LogP contribution in [0.25, 0.3) is 0 Å². The van der Waals surface area contributed by atoms with Crippen molar-refractivity contribution in [3.05, 3.63) is 48.3 Å². The van der Waals surface area contributed by atoms with Crippen LogP contribution in [0.2, 0.25) is 0 Å². The van der Waals surface area contributed by atoms with Crippen molar-refractivity contribution >= 4 is 41.7 Å². The largest absolute Gasteiger partial charge is 0.355 e. The molecule has 0 fully saturated rings. The summed E-state index contributed by atoms with van der Waals surface area (Å²) in [5.41, 5.74) is 1.17. The van der Waals surface area contributed by atoms with Gasteiger partial charge < -0.3 is 10.2 Å². The van der Waals surface area contributed by atoms with Gasteiger partial charge in [-0.05, 0) is 12.1 Å². The van der Waals surface area contributed by atoms with E-state index in [0.717, 1.165) is 19.0 Å². The molecule has 0 amide bonds. The SMILES string of the molecule is CN=C(NCC(C)Sc1ccccc1)N(C)Cc1cnn(C)c1.I. The lowest BCUT2D eigenvalue weighted by molar-refractivity contribution is 0.477. The quantitative estimate of drug-likeness (QED) is 0.312. The number of aromatic nitrogens is 2. The summed E-state index contributed by atoms with van der Waals surface area (Å²) in [7, 11) is 5.79. The van der Waals surface area contributed by atoms with Gasteiger partial charge in [0.1, 0.15) is 0 Å². The Balaban J connectivity index is 0.00000288. The van der Waals surface area contributed by atoms with Gasteiger partial charge in [-0.15, -0.1) is 35.7 Å². The van der Waals surface area contributed by atoms with Gasteiger partial charge in [0, 0.05) is 56.1 Å². The third-order valence-corrected chi connectivity index (χ3v) is 4.49. The summed E-state index contributed by atoms with van der Waals surface area (Å²) < 4.78 is 1.82. The molecule has 0 aliphatic heterocycles. The van der Waals surface area contributed by atoms with Crippen LogP contribution < -0.4 is 5.32 Å². The second-order valence-corrected chi connectivity index (χ2v) is 7.06. The number of thioether (sulfide) groups is 1. The summed E-state index contributed by atoms with van der Waals surface area (Å²) in [5, 5.41) is 8.11. The third kappa shape index (κ3) is 6.72. The first kappa shape index (κ1) is 20.8. The van der Waals surface area contributed by atoms with Gasteiger partial charge in [-0.1, -0.05) is 25.1 Å². The van der Waals surface area contributed by atoms with E-state index in [1.54, 1.807) is 0 Å². The molecule has 1 aromatic carbocycles. The molecule has 0 saturated heterocycles. The highest BCUT2D eigenvalue weighted by molar-refractivity contribution is 14.0. The Labute approximate surface area is 165 Å². The van der Waals surface area contributed by atoms with Crippen LogP contribution in [-0.2, 0) is 13.6 Å². The van der Waals surface area contributed by atoms with Crippen molar-refractivity contribution in [3.63, 3.8) is 0 Å². The lowest BCUT2D eigenvalue weighted by atomic mass is 10.3. The fourth-order valence-electron chi connectivity index (χ4n) is 2.30. The molecule has 1 atom stereocenters. The molecule has 1 aromatic heterocycles. The van der Waals surface area contributed by atoms with Gasteiger partial charge in [0.15, 0.2) is 5.96 Å². The van der Waals surface area contributed by atoms with Crippen molar-refractivity contribution in [1.29, 1.82) is 0 Å². The zero-order chi connectivity index (χ0) is 16.7. The number of rotatable bonds is 6. The topological polar surface area (TPSA) is 45.5 Å². The lowest BCUT2D eigenvalue weighted by Crippen LogP contribution is -2.40. The summed E-state index contributed by atoms with van der Waals surface area (Å²) in [6, 6.07) is 10.5. The van der Waals surface area contributed by atoms with Gasteiger partial charge >= 0.3 is 0 Å². The predicted molar refractivity (Wildman–Crippen MR) is 113 cm³/mol. The van der Waals surface area contributed by atoms with Gasteiger partial charge in [0.2, 0.25) is 0 Å². The van der Waals surface area contributed by atoms with Gasteiger partial charge in [0.05, 0.1) is 6.20 Å². The van der Waals surface area contributed by atoms with E-state index < -0.39 is 0 Å². The highest BCUT2D eigenvalue weighted by Crippen LogP contribution is 2.21. The van der Waals surface area contributed by atoms with Crippen LogP contribution in [0, 0.1) is 0 Å². The Hall–Kier alpha value is -1.22. The van der Waals surface area contributed by atoms with E-state index in [1.807, 2.05) is 56.0 Å². The molecule has 2 aromatic rings. The Bertz CT molecular complexity index is 629. The van der Waals surface area contributed by atoms with E-state index in [4.69, 9.17) is 0 Å². The molecule has 1 heterocycles. The van der Waals surface area contributed by atoms with E-state index in [1.165, 1.54) is 10.5 Å². The first-order chi connectivity index (χ1) is 11.1. The van der Waals surface area contributed by atoms with Crippen LogP contribution in [-0.4, -0.2) is 46.5 Å². The molecule has 0 radical (unpaired) electrons. The van der Waals surface area contributed by atoms with Gasteiger partial charge in [-0.25, -0.2) is 0 Å². The Morgan fingerprint density at radius 2 is 2.08 bits per heavy atom. The minimum Gasteiger partial charge on any atom is -0.355 e. The van der Waals surface area contributed by atoms with Crippen LogP contribution in [0.3, 0.4) is 0 Å². The maximum atomic E-state index is 4.36. The highest BCUT2D eigenvalue weighted by Gasteiger charge is 2.10. The predicted octanol–water partition coefficient (Wildman–Crippen LogP) is 3.23. The molecule has 132 valence electrons. The summed E-state index contributed by atoms with van der Waals surface area (Å²) in [6.07, 6.45) is 3.91. The molecule has 0 aliphatic rings. The molecule has 0 saturated carbocycles. The molecule has 7 heteroatoms. The molecule has 1 N–H and O–H groups in total. The van der Waals surface area contributed by atoms with Gasteiger partial charge in [-0.3, -0.25) is 9.67 Å². The van der Waals surface area contributed by atoms with E-state index in [0.29, 0.717) is 5.25 Å². The van der Waals surface area contributed by atoms with Crippen molar-refractivity contribution in [2.75, 3.05) is 20.6 Å². The Morgan fingerprint density at radius 1 is 1.38 bits per heavy atom. The van der Waals surface area contributed by atoms with Crippen LogP contribution in [0.5, 0.6) is 0 Å². The molecular formula is C17H26IN5S. The number of hydrogen-bond acceptors (Lipinski definition) is 3. The minimum absolute atomic E-state index is 0. The average molecular weight is 459 g/mol. The Kier molecular flexibility index (Phi) is 9.20. The maximum Gasteiger partial charge on any atom is 0.193 e. The molecule has 0 aliphatic carbocycles. The second-order valence-electron chi connectivity index (χ2n) is 5.55. The first-order valence-electron chi connectivity index (χ1n) is 7.69. The first-order valence-corrected chi connectivity index (χ1v) is 8.57. The van der Waals surface area contributed by atoms with E-state index in [2.05, 4.69) is 51.5 Å². The fourth-order valence-corrected chi connectivity index (χ4v) is 3.24. The van der Waals surface area contributed by atoms with Crippen LogP contribution in [0.15, 0.2) is 52.6 Å². The maximum absolute atomic E-state index is 4.36. The molecule has 2 rings (SSSR count). The van der Waals surface area contributed by atoms with E-state index in [9.17, 15) is 0 Å². The fraction of sp³-hybridized carbons (Fsp3) is 0.412. The molecule has 5 nitrogen and oxygen atoms in total. The normalized spacial score (nSPS) is 12.4. The average Bonchev–Trinajstić information content (AvgIpc) is 2.94. The smallest absolute Gasteiger partial charge is 0.193 e. The van der Waals surface area contributed by atoms with Crippen molar-refractivity contribution < 1.29 is 0 Å². The molecule has 1 unspecified atom stereocenters. The molecular weight excluding hydrogens is 433 g/mol. The number of guanidine groups is 1. The summed E-state index contributed by atoms with van der Waals surface area (Å²) in [5.74, 6) is 0.898. The summed E-state index contributed by atoms with van der Waals surface area (Å²) in [4.78, 5) is 7.77. The van der Waals surface area contributed by atoms with Crippen molar-refractivity contribution in [2.45, 2.75) is 23.6 Å². The number of nitrogens with zero attached hydrogens (tertiary/aromatic N) is 4. The van der Waals surface area contributed by atoms with Crippen LogP contribution in [0.1, 0.15) is 12.5 Å². The lowest BCUT2D eigenvalue weighted by Gasteiger charge is -2.23. The van der Waals surface area contributed by atoms with Crippen molar-refractivity contribution in [1.82, 2.24) is 20.0 Å². The van der Waals surface area contributed by atoms with Crippen LogP contribution in [0.4, 0.5) is 0 Å². The van der Waals surface area contributed by atoms with Crippen LogP contribution >= 0.6 is 35.7 Å². The number of aliphatic imine (C=N–C) groups is 1. The number of benzene rings is 1. The molecule has 24 heavy (non-hydrogen) atoms. The zero-order valence-electron chi connectivity index (χ0n) is 14.6. The number of halogens is 1. The third-order valence-electron chi connectivity index (χ3n) is 3.38. The summed E-state index contributed by atoms with van der Waals surface area (Å²) >= 11 is 1.87. The van der Waals surface area contributed by atoms with Crippen molar-refractivity contribution in [3.8, 4) is 0 Å². The summed E-state index contributed by atoms with van der Waals surface area (Å²) in [6.45, 7) is 3.87. The van der Waals surface area contributed by atoms with Crippen molar-refractivity contribution in [2.24, 2.45) is 12.0 Å². The standard InChI is InChI=1S/C17H25N5S.HI/c1-14(23-16-8-6-5-7-9-16)10-19-17(18-2)21(3)12-15-11-20-22(4)13-15;/h5-9,11,13-14H,10,12H2,1-4H3,(H,18,19);1H. The Morgan fingerprint density at radius 3 is 2.67 bits per heavy atom. The van der Waals surface area contributed by atoms with E-state index in [-0.39, 0.29) is 24.0 Å². The molecule has 0 bridgehead atoms. The number of hydrogen-bond donors (Lipinski definition) is 1. The number of nitrogens with one attached hydrogen (secondary N) is 1. The van der Waals surface area contributed by atoms with Gasteiger partial charge in [-0.2, -0.15) is 5.10 Å². The monoisotopic (exact) mass is 459 g/mol. The zero-order valence-corrected chi connectivity index (χ0v) is 17.8. The highest BCUT2D eigenvalue weighted by atomic mass is 127. The minimum atomic E-state index is 0.